The normalized spacial score (nSPS) is 14.4. The Hall–Kier alpha value is -3.41. The van der Waals surface area contributed by atoms with Crippen molar-refractivity contribution in [2.75, 3.05) is 13.2 Å². The SMILES string of the molecule is Cc1cc(C(C)N2Cc3c(ccnc3C(=O)C(=N)CCO)C2=O)ncc1OCC(F)(F)C(F)F. The topological polar surface area (TPSA) is 116 Å². The summed E-state index contributed by atoms with van der Waals surface area (Å²) in [5.41, 5.74) is 1.01. The Labute approximate surface area is 192 Å². The van der Waals surface area contributed by atoms with Gasteiger partial charge in [0.2, 0.25) is 5.78 Å². The quantitative estimate of drug-likeness (QED) is 0.305. The van der Waals surface area contributed by atoms with E-state index in [1.807, 2.05) is 0 Å². The molecule has 3 heterocycles. The average molecular weight is 482 g/mol. The number of carbonyl (C=O) groups is 2. The predicted molar refractivity (Wildman–Crippen MR) is 112 cm³/mol. The largest absolute Gasteiger partial charge is 0.485 e. The fourth-order valence-corrected chi connectivity index (χ4v) is 3.47. The van der Waals surface area contributed by atoms with E-state index in [2.05, 4.69) is 9.97 Å². The summed E-state index contributed by atoms with van der Waals surface area (Å²) in [6.07, 6.45) is -1.57. The number of rotatable bonds is 10. The van der Waals surface area contributed by atoms with Crippen LogP contribution in [0.1, 0.15) is 57.1 Å². The third-order valence-electron chi connectivity index (χ3n) is 5.45. The molecule has 1 aliphatic heterocycles. The standard InChI is InChI=1S/C22H22F4N4O4/c1-11-7-16(29-8-17(11)34-10-22(25,26)21(23)24)12(2)30-9-14-13(20(30)33)3-5-28-18(14)19(32)15(27)4-6-31/h3,5,7-8,12,21,27,31H,4,6,9-10H2,1-2H3. The van der Waals surface area contributed by atoms with E-state index in [1.165, 1.54) is 30.2 Å². The van der Waals surface area contributed by atoms with Crippen LogP contribution in [0.4, 0.5) is 17.6 Å². The number of ether oxygens (including phenoxy) is 1. The van der Waals surface area contributed by atoms with Gasteiger partial charge >= 0.3 is 12.3 Å². The molecule has 2 N–H and O–H groups in total. The number of aliphatic hydroxyl groups excluding tert-OH is 1. The molecule has 0 spiro atoms. The molecular formula is C22H22F4N4O4. The Balaban J connectivity index is 1.80. The first-order valence-electron chi connectivity index (χ1n) is 10.2. The van der Waals surface area contributed by atoms with E-state index in [9.17, 15) is 27.2 Å². The van der Waals surface area contributed by atoms with Crippen LogP contribution >= 0.6 is 0 Å². The Bertz CT molecular complexity index is 1130. The Kier molecular flexibility index (Phi) is 7.29. The van der Waals surface area contributed by atoms with Gasteiger partial charge in [-0.25, -0.2) is 8.78 Å². The second kappa shape index (κ2) is 9.84. The molecule has 1 amide bonds. The number of carbonyl (C=O) groups excluding carboxylic acids is 2. The molecule has 2 aromatic rings. The molecule has 1 unspecified atom stereocenters. The van der Waals surface area contributed by atoms with Gasteiger partial charge in [0.15, 0.2) is 6.61 Å². The number of aromatic nitrogens is 2. The van der Waals surface area contributed by atoms with Gasteiger partial charge in [0.25, 0.3) is 5.91 Å². The van der Waals surface area contributed by atoms with Gasteiger partial charge in [-0.1, -0.05) is 0 Å². The fraction of sp³-hybridized carbons (Fsp3) is 0.409. The molecule has 3 rings (SSSR count). The maximum absolute atomic E-state index is 13.1. The highest BCUT2D eigenvalue weighted by molar-refractivity contribution is 6.44. The number of Topliss-reactive ketones (excluding diaryl/α,β-unsaturated/α-hetero) is 1. The highest BCUT2D eigenvalue weighted by atomic mass is 19.3. The van der Waals surface area contributed by atoms with Crippen LogP contribution in [-0.4, -0.2) is 62.9 Å². The zero-order valence-corrected chi connectivity index (χ0v) is 18.3. The van der Waals surface area contributed by atoms with Gasteiger partial charge in [-0.15, -0.1) is 0 Å². The lowest BCUT2D eigenvalue weighted by atomic mass is 10.0. The highest BCUT2D eigenvalue weighted by Gasteiger charge is 2.42. The summed E-state index contributed by atoms with van der Waals surface area (Å²) in [5.74, 6) is -5.46. The van der Waals surface area contributed by atoms with E-state index in [0.29, 0.717) is 16.8 Å². The maximum Gasteiger partial charge on any atom is 0.340 e. The first-order valence-corrected chi connectivity index (χ1v) is 10.2. The molecule has 1 atom stereocenters. The third kappa shape index (κ3) is 4.91. The molecule has 182 valence electrons. The summed E-state index contributed by atoms with van der Waals surface area (Å²) in [7, 11) is 0. The van der Waals surface area contributed by atoms with Crippen molar-refractivity contribution in [3.05, 3.63) is 52.6 Å². The first-order chi connectivity index (χ1) is 16.0. The van der Waals surface area contributed by atoms with Crippen LogP contribution in [0.15, 0.2) is 24.5 Å². The highest BCUT2D eigenvalue weighted by Crippen LogP contribution is 2.33. The third-order valence-corrected chi connectivity index (χ3v) is 5.45. The van der Waals surface area contributed by atoms with Gasteiger partial charge in [-0.2, -0.15) is 8.78 Å². The lowest BCUT2D eigenvalue weighted by Gasteiger charge is -2.24. The minimum atomic E-state index is -4.30. The number of hydrogen-bond donors (Lipinski definition) is 2. The summed E-state index contributed by atoms with van der Waals surface area (Å²) >= 11 is 0. The zero-order chi connectivity index (χ0) is 25.2. The lowest BCUT2D eigenvalue weighted by Crippen LogP contribution is -2.34. The van der Waals surface area contributed by atoms with E-state index in [4.69, 9.17) is 15.3 Å². The number of alkyl halides is 4. The molecule has 12 heteroatoms. The minimum absolute atomic E-state index is 0.0240. The average Bonchev–Trinajstić information content (AvgIpc) is 3.13. The van der Waals surface area contributed by atoms with Gasteiger partial charge in [0, 0.05) is 36.9 Å². The van der Waals surface area contributed by atoms with Crippen molar-refractivity contribution in [2.24, 2.45) is 0 Å². The molecule has 0 saturated heterocycles. The molecular weight excluding hydrogens is 460 g/mol. The number of fused-ring (bicyclic) bond motifs is 1. The monoisotopic (exact) mass is 482 g/mol. The maximum atomic E-state index is 13.1. The zero-order valence-electron chi connectivity index (χ0n) is 18.3. The van der Waals surface area contributed by atoms with Gasteiger partial charge in [-0.3, -0.25) is 19.6 Å². The van der Waals surface area contributed by atoms with E-state index < -0.39 is 30.8 Å². The van der Waals surface area contributed by atoms with Gasteiger partial charge < -0.3 is 20.2 Å². The number of hydrogen-bond acceptors (Lipinski definition) is 7. The summed E-state index contributed by atoms with van der Waals surface area (Å²) in [5, 5.41) is 16.8. The van der Waals surface area contributed by atoms with Crippen molar-refractivity contribution in [1.29, 1.82) is 5.41 Å². The number of aryl methyl sites for hydroxylation is 1. The van der Waals surface area contributed by atoms with Crippen molar-refractivity contribution in [1.82, 2.24) is 14.9 Å². The molecule has 0 bridgehead atoms. The van der Waals surface area contributed by atoms with Crippen LogP contribution in [-0.2, 0) is 6.54 Å². The lowest BCUT2D eigenvalue weighted by molar-refractivity contribution is -0.148. The molecule has 0 fully saturated rings. The van der Waals surface area contributed by atoms with E-state index >= 15 is 0 Å². The van der Waals surface area contributed by atoms with E-state index in [-0.39, 0.29) is 48.2 Å². The van der Waals surface area contributed by atoms with Crippen LogP contribution in [0.5, 0.6) is 5.75 Å². The molecule has 0 aliphatic carbocycles. The van der Waals surface area contributed by atoms with Crippen LogP contribution < -0.4 is 4.74 Å². The predicted octanol–water partition coefficient (Wildman–Crippen LogP) is 3.37. The number of halogens is 4. The fourth-order valence-electron chi connectivity index (χ4n) is 3.47. The van der Waals surface area contributed by atoms with Crippen molar-refractivity contribution < 1.29 is 37.0 Å². The summed E-state index contributed by atoms with van der Waals surface area (Å²) in [6, 6.07) is 2.36. The number of nitrogens with zero attached hydrogens (tertiary/aromatic N) is 3. The summed E-state index contributed by atoms with van der Waals surface area (Å²) < 4.78 is 55.8. The number of amides is 1. The van der Waals surface area contributed by atoms with E-state index in [1.54, 1.807) is 6.92 Å². The van der Waals surface area contributed by atoms with Crippen molar-refractivity contribution in [3.63, 3.8) is 0 Å². The number of pyridine rings is 2. The Morgan fingerprint density at radius 1 is 1.35 bits per heavy atom. The van der Waals surface area contributed by atoms with Crippen molar-refractivity contribution >= 4 is 17.4 Å². The molecule has 8 nitrogen and oxygen atoms in total. The minimum Gasteiger partial charge on any atom is -0.485 e. The molecule has 2 aromatic heterocycles. The molecule has 0 saturated carbocycles. The Morgan fingerprint density at radius 3 is 2.68 bits per heavy atom. The first kappa shape index (κ1) is 25.2. The van der Waals surface area contributed by atoms with Crippen LogP contribution in [0.2, 0.25) is 0 Å². The second-order valence-electron chi connectivity index (χ2n) is 7.80. The number of aliphatic hydroxyl groups is 1. The van der Waals surface area contributed by atoms with Crippen molar-refractivity contribution in [2.45, 2.75) is 45.2 Å². The van der Waals surface area contributed by atoms with Crippen molar-refractivity contribution in [3.8, 4) is 5.75 Å². The molecule has 1 aliphatic rings. The molecule has 34 heavy (non-hydrogen) atoms. The second-order valence-corrected chi connectivity index (χ2v) is 7.80. The smallest absolute Gasteiger partial charge is 0.340 e. The van der Waals surface area contributed by atoms with Gasteiger partial charge in [-0.05, 0) is 31.5 Å². The Morgan fingerprint density at radius 2 is 2.06 bits per heavy atom. The number of ketones is 1. The van der Waals surface area contributed by atoms with Gasteiger partial charge in [0.05, 0.1) is 23.6 Å². The van der Waals surface area contributed by atoms with E-state index in [0.717, 1.165) is 6.20 Å². The molecule has 0 radical (unpaired) electrons. The molecule has 0 aromatic carbocycles. The number of nitrogens with one attached hydrogen (secondary N) is 1. The van der Waals surface area contributed by atoms with Crippen LogP contribution in [0.3, 0.4) is 0 Å². The van der Waals surface area contributed by atoms with Crippen LogP contribution in [0.25, 0.3) is 0 Å². The van der Waals surface area contributed by atoms with Crippen LogP contribution in [0, 0.1) is 12.3 Å². The summed E-state index contributed by atoms with van der Waals surface area (Å²) in [6.45, 7) is 1.36. The summed E-state index contributed by atoms with van der Waals surface area (Å²) in [4.78, 5) is 35.2. The van der Waals surface area contributed by atoms with Gasteiger partial charge in [0.1, 0.15) is 11.4 Å².